The van der Waals surface area contributed by atoms with Crippen LogP contribution in [0.4, 0.5) is 0 Å². The van der Waals surface area contributed by atoms with Crippen LogP contribution >= 0.6 is 0 Å². The van der Waals surface area contributed by atoms with E-state index >= 15 is 0 Å². The molecular formula is C9H11O3-. The standard InChI is InChI=1S/C9H12O3/c1-3-9(2,8(10)11)7-5-4-6-12-7/h4-6H,3H2,1-2H3,(H,10,11)/p-1. The molecule has 1 rings (SSSR count). The summed E-state index contributed by atoms with van der Waals surface area (Å²) in [4.78, 5) is 10.8. The van der Waals surface area contributed by atoms with Gasteiger partial charge in [0, 0.05) is 0 Å². The average molecular weight is 167 g/mol. The first-order valence-electron chi connectivity index (χ1n) is 3.86. The zero-order chi connectivity index (χ0) is 9.19. The van der Waals surface area contributed by atoms with Crippen molar-refractivity contribution in [3.05, 3.63) is 24.2 Å². The molecule has 0 radical (unpaired) electrons. The first-order valence-corrected chi connectivity index (χ1v) is 3.86. The zero-order valence-electron chi connectivity index (χ0n) is 7.16. The van der Waals surface area contributed by atoms with E-state index in [0.29, 0.717) is 12.2 Å². The largest absolute Gasteiger partial charge is 0.549 e. The van der Waals surface area contributed by atoms with E-state index in [-0.39, 0.29) is 0 Å². The van der Waals surface area contributed by atoms with Gasteiger partial charge in [0.05, 0.1) is 17.6 Å². The molecule has 0 aliphatic rings. The molecule has 1 aromatic heterocycles. The normalized spacial score (nSPS) is 15.5. The Morgan fingerprint density at radius 3 is 2.75 bits per heavy atom. The van der Waals surface area contributed by atoms with Crippen molar-refractivity contribution in [2.75, 3.05) is 0 Å². The van der Waals surface area contributed by atoms with Gasteiger partial charge in [-0.3, -0.25) is 0 Å². The maximum atomic E-state index is 10.8. The molecule has 1 aromatic rings. The van der Waals surface area contributed by atoms with E-state index in [0.717, 1.165) is 0 Å². The fourth-order valence-corrected chi connectivity index (χ4v) is 1.01. The van der Waals surface area contributed by atoms with Gasteiger partial charge in [0.2, 0.25) is 0 Å². The Balaban J connectivity index is 3.04. The quantitative estimate of drug-likeness (QED) is 0.665. The van der Waals surface area contributed by atoms with E-state index in [1.807, 2.05) is 0 Å². The predicted molar refractivity (Wildman–Crippen MR) is 41.4 cm³/mol. The Labute approximate surface area is 71.0 Å². The summed E-state index contributed by atoms with van der Waals surface area (Å²) in [5, 5.41) is 10.8. The molecule has 0 spiro atoms. The minimum atomic E-state index is -1.10. The van der Waals surface area contributed by atoms with Crippen LogP contribution in [0, 0.1) is 0 Å². The summed E-state index contributed by atoms with van der Waals surface area (Å²) in [5.74, 6) is -0.648. The van der Waals surface area contributed by atoms with E-state index < -0.39 is 11.4 Å². The van der Waals surface area contributed by atoms with E-state index in [2.05, 4.69) is 0 Å². The lowest BCUT2D eigenvalue weighted by molar-refractivity contribution is -0.314. The zero-order valence-corrected chi connectivity index (χ0v) is 7.16. The highest BCUT2D eigenvalue weighted by molar-refractivity contribution is 5.77. The molecule has 0 saturated carbocycles. The summed E-state index contributed by atoms with van der Waals surface area (Å²) in [5.41, 5.74) is -0.997. The minimum Gasteiger partial charge on any atom is -0.549 e. The Morgan fingerprint density at radius 2 is 2.42 bits per heavy atom. The van der Waals surface area contributed by atoms with Gasteiger partial charge in [0.25, 0.3) is 0 Å². The smallest absolute Gasteiger partial charge is 0.115 e. The summed E-state index contributed by atoms with van der Waals surface area (Å²) in [6.45, 7) is 3.39. The molecule has 3 nitrogen and oxygen atoms in total. The predicted octanol–water partition coefficient (Wildman–Crippen LogP) is 0.697. The maximum absolute atomic E-state index is 10.8. The van der Waals surface area contributed by atoms with Gasteiger partial charge in [0.15, 0.2) is 0 Å². The molecule has 12 heavy (non-hydrogen) atoms. The molecule has 1 heterocycles. The van der Waals surface area contributed by atoms with Crippen molar-refractivity contribution < 1.29 is 14.3 Å². The van der Waals surface area contributed by atoms with Gasteiger partial charge >= 0.3 is 0 Å². The number of carbonyl (C=O) groups excluding carboxylic acids is 1. The fourth-order valence-electron chi connectivity index (χ4n) is 1.01. The minimum absolute atomic E-state index is 0.449. The SMILES string of the molecule is CCC(C)(C(=O)[O-])c1ccco1. The Morgan fingerprint density at radius 1 is 1.75 bits per heavy atom. The van der Waals surface area contributed by atoms with Crippen LogP contribution in [0.1, 0.15) is 26.0 Å². The third-order valence-corrected chi connectivity index (χ3v) is 2.22. The number of carboxylic acids is 1. The number of rotatable bonds is 3. The number of aliphatic carboxylic acids is 1. The molecule has 0 aromatic carbocycles. The van der Waals surface area contributed by atoms with Gasteiger partial charge in [-0.2, -0.15) is 0 Å². The van der Waals surface area contributed by atoms with Crippen LogP contribution in [-0.2, 0) is 10.2 Å². The lowest BCUT2D eigenvalue weighted by Gasteiger charge is -2.26. The van der Waals surface area contributed by atoms with E-state index in [1.165, 1.54) is 6.26 Å². The third-order valence-electron chi connectivity index (χ3n) is 2.22. The Kier molecular flexibility index (Phi) is 2.22. The highest BCUT2D eigenvalue weighted by atomic mass is 16.4. The van der Waals surface area contributed by atoms with Crippen molar-refractivity contribution in [2.24, 2.45) is 0 Å². The summed E-state index contributed by atoms with van der Waals surface area (Å²) >= 11 is 0. The highest BCUT2D eigenvalue weighted by Crippen LogP contribution is 2.26. The maximum Gasteiger partial charge on any atom is 0.115 e. The number of hydrogen-bond donors (Lipinski definition) is 0. The molecule has 0 amide bonds. The number of carbonyl (C=O) groups is 1. The van der Waals surface area contributed by atoms with Gasteiger partial charge < -0.3 is 14.3 Å². The van der Waals surface area contributed by atoms with Crippen LogP contribution < -0.4 is 5.11 Å². The highest BCUT2D eigenvalue weighted by Gasteiger charge is 2.28. The molecule has 1 atom stereocenters. The van der Waals surface area contributed by atoms with Crippen LogP contribution in [0.2, 0.25) is 0 Å². The number of hydrogen-bond acceptors (Lipinski definition) is 3. The molecular weight excluding hydrogens is 156 g/mol. The molecule has 0 aliphatic heterocycles. The summed E-state index contributed by atoms with van der Waals surface area (Å²) in [6.07, 6.45) is 1.93. The monoisotopic (exact) mass is 167 g/mol. The molecule has 0 aliphatic carbocycles. The van der Waals surface area contributed by atoms with Crippen molar-refractivity contribution in [1.29, 1.82) is 0 Å². The summed E-state index contributed by atoms with van der Waals surface area (Å²) in [7, 11) is 0. The van der Waals surface area contributed by atoms with Crippen LogP contribution in [0.3, 0.4) is 0 Å². The first kappa shape index (κ1) is 8.84. The van der Waals surface area contributed by atoms with Crippen LogP contribution in [0.15, 0.2) is 22.8 Å². The second-order valence-corrected chi connectivity index (χ2v) is 2.95. The van der Waals surface area contributed by atoms with Crippen molar-refractivity contribution in [3.63, 3.8) is 0 Å². The van der Waals surface area contributed by atoms with Gasteiger partial charge in [-0.15, -0.1) is 0 Å². The molecule has 0 bridgehead atoms. The van der Waals surface area contributed by atoms with Crippen LogP contribution in [0.5, 0.6) is 0 Å². The van der Waals surface area contributed by atoms with Crippen molar-refractivity contribution in [3.8, 4) is 0 Å². The topological polar surface area (TPSA) is 53.3 Å². The van der Waals surface area contributed by atoms with Gasteiger partial charge in [-0.25, -0.2) is 0 Å². The Bertz CT molecular complexity index is 263. The number of furan rings is 1. The van der Waals surface area contributed by atoms with E-state index in [4.69, 9.17) is 4.42 Å². The lowest BCUT2D eigenvalue weighted by atomic mass is 9.85. The summed E-state index contributed by atoms with van der Waals surface area (Å²) < 4.78 is 5.03. The molecule has 0 fully saturated rings. The van der Waals surface area contributed by atoms with Crippen molar-refractivity contribution >= 4 is 5.97 Å². The van der Waals surface area contributed by atoms with E-state index in [1.54, 1.807) is 26.0 Å². The first-order chi connectivity index (χ1) is 5.61. The lowest BCUT2D eigenvalue weighted by Crippen LogP contribution is -2.42. The van der Waals surface area contributed by atoms with Crippen LogP contribution in [0.25, 0.3) is 0 Å². The second-order valence-electron chi connectivity index (χ2n) is 2.95. The molecule has 0 saturated heterocycles. The molecule has 3 heteroatoms. The average Bonchev–Trinajstić information content (AvgIpc) is 2.54. The number of carboxylic acid groups (broad SMARTS) is 1. The molecule has 66 valence electrons. The Hall–Kier alpha value is -1.25. The summed E-state index contributed by atoms with van der Waals surface area (Å²) in [6, 6.07) is 3.32. The van der Waals surface area contributed by atoms with Crippen molar-refractivity contribution in [1.82, 2.24) is 0 Å². The third kappa shape index (κ3) is 1.22. The fraction of sp³-hybridized carbons (Fsp3) is 0.444. The van der Waals surface area contributed by atoms with Crippen molar-refractivity contribution in [2.45, 2.75) is 25.7 Å². The molecule has 1 unspecified atom stereocenters. The second kappa shape index (κ2) is 3.01. The van der Waals surface area contributed by atoms with Gasteiger partial charge in [-0.05, 0) is 25.5 Å². The van der Waals surface area contributed by atoms with E-state index in [9.17, 15) is 9.90 Å². The van der Waals surface area contributed by atoms with Gasteiger partial charge in [0.1, 0.15) is 5.76 Å². The van der Waals surface area contributed by atoms with Crippen LogP contribution in [-0.4, -0.2) is 5.97 Å². The molecule has 0 N–H and O–H groups in total. The van der Waals surface area contributed by atoms with Gasteiger partial charge in [-0.1, -0.05) is 6.92 Å².